The van der Waals surface area contributed by atoms with Crippen molar-refractivity contribution in [3.63, 3.8) is 0 Å². The molecule has 1 heteroatoms. The lowest BCUT2D eigenvalue weighted by atomic mass is 9.90. The van der Waals surface area contributed by atoms with Gasteiger partial charge in [-0.05, 0) is 125 Å². The van der Waals surface area contributed by atoms with Gasteiger partial charge in [-0.25, -0.2) is 0 Å². The second-order valence-corrected chi connectivity index (χ2v) is 8.62. The number of aryl methyl sites for hydroxylation is 5. The second kappa shape index (κ2) is 6.24. The normalized spacial score (nSPS) is 11.8. The minimum Gasteiger partial charge on any atom is -0.309 e. The molecule has 0 N–H and O–H groups in total. The van der Waals surface area contributed by atoms with Crippen molar-refractivity contribution in [2.45, 2.75) is 62.3 Å². The zero-order valence-electron chi connectivity index (χ0n) is 18.8. The van der Waals surface area contributed by atoms with Crippen LogP contribution in [0.1, 0.15) is 50.1 Å². The summed E-state index contributed by atoms with van der Waals surface area (Å²) in [6, 6.07) is 8.92. The molecule has 1 nitrogen and oxygen atoms in total. The van der Waals surface area contributed by atoms with E-state index < -0.39 is 0 Å². The fourth-order valence-corrected chi connectivity index (χ4v) is 4.89. The molecule has 0 aliphatic rings. The van der Waals surface area contributed by atoms with Crippen LogP contribution in [-0.4, -0.2) is 4.57 Å². The molecular weight excluding hydrogens is 338 g/mol. The van der Waals surface area contributed by atoms with Crippen molar-refractivity contribution in [1.82, 2.24) is 4.57 Å². The molecule has 4 rings (SSSR count). The fourth-order valence-electron chi connectivity index (χ4n) is 4.89. The Labute approximate surface area is 169 Å². The molecule has 0 saturated heterocycles. The van der Waals surface area contributed by atoms with Crippen molar-refractivity contribution >= 4 is 21.8 Å². The molecule has 0 amide bonds. The molecular formula is C27H31N. The minimum absolute atomic E-state index is 1.26. The van der Waals surface area contributed by atoms with E-state index in [0.717, 1.165) is 0 Å². The summed E-state index contributed by atoms with van der Waals surface area (Å²) in [5.41, 5.74) is 16.6. The van der Waals surface area contributed by atoms with E-state index in [1.165, 1.54) is 77.6 Å². The fraction of sp³-hybridized carbons (Fsp3) is 0.333. The number of hydrogen-bond acceptors (Lipinski definition) is 0. The number of hydrogen-bond donors (Lipinski definition) is 0. The lowest BCUT2D eigenvalue weighted by molar-refractivity contribution is 1.12. The van der Waals surface area contributed by atoms with Crippen LogP contribution in [0.4, 0.5) is 0 Å². The number of aromatic nitrogens is 1. The number of fused-ring (bicyclic) bond motifs is 3. The Morgan fingerprint density at radius 1 is 0.500 bits per heavy atom. The van der Waals surface area contributed by atoms with Crippen LogP contribution >= 0.6 is 0 Å². The Hall–Kier alpha value is -2.54. The predicted molar refractivity (Wildman–Crippen MR) is 123 cm³/mol. The molecule has 0 atom stereocenters. The third-order valence-corrected chi connectivity index (χ3v) is 7.27. The monoisotopic (exact) mass is 369 g/mol. The van der Waals surface area contributed by atoms with Crippen molar-refractivity contribution in [1.29, 1.82) is 0 Å². The average molecular weight is 370 g/mol. The first-order valence-corrected chi connectivity index (χ1v) is 10.2. The lowest BCUT2D eigenvalue weighted by Gasteiger charge is -2.16. The highest BCUT2D eigenvalue weighted by Crippen LogP contribution is 2.43. The van der Waals surface area contributed by atoms with E-state index in [1.54, 1.807) is 0 Å². The molecule has 0 saturated carbocycles. The summed E-state index contributed by atoms with van der Waals surface area (Å²) in [4.78, 5) is 0. The standard InChI is InChI=1S/C27H31N/c1-14-11-10-12-23(13-14)28-26-21(8)17(4)15(2)19(6)24(26)25-20(7)16(3)18(5)22(9)27(25)28/h10-13H,1-9H3. The maximum absolute atomic E-state index is 2.53. The Kier molecular flexibility index (Phi) is 4.19. The molecule has 1 heterocycles. The second-order valence-electron chi connectivity index (χ2n) is 8.62. The first-order chi connectivity index (χ1) is 13.2. The van der Waals surface area contributed by atoms with E-state index >= 15 is 0 Å². The molecule has 0 radical (unpaired) electrons. The van der Waals surface area contributed by atoms with Gasteiger partial charge in [0, 0.05) is 16.5 Å². The molecule has 144 valence electrons. The van der Waals surface area contributed by atoms with Gasteiger partial charge in [0.15, 0.2) is 0 Å². The van der Waals surface area contributed by atoms with Gasteiger partial charge in [0.2, 0.25) is 0 Å². The van der Waals surface area contributed by atoms with Gasteiger partial charge in [0.05, 0.1) is 11.0 Å². The van der Waals surface area contributed by atoms with Crippen LogP contribution in [0.5, 0.6) is 0 Å². The summed E-state index contributed by atoms with van der Waals surface area (Å²) in [5, 5.41) is 2.86. The van der Waals surface area contributed by atoms with Crippen molar-refractivity contribution in [3.8, 4) is 5.69 Å². The van der Waals surface area contributed by atoms with Gasteiger partial charge < -0.3 is 4.57 Å². The molecule has 0 fully saturated rings. The molecule has 0 bridgehead atoms. The number of rotatable bonds is 1. The van der Waals surface area contributed by atoms with Gasteiger partial charge in [-0.2, -0.15) is 0 Å². The summed E-state index contributed by atoms with van der Waals surface area (Å²) in [6.45, 7) is 20.4. The summed E-state index contributed by atoms with van der Waals surface area (Å²) < 4.78 is 2.53. The van der Waals surface area contributed by atoms with Gasteiger partial charge >= 0.3 is 0 Å². The van der Waals surface area contributed by atoms with Gasteiger partial charge in [-0.15, -0.1) is 0 Å². The van der Waals surface area contributed by atoms with Crippen LogP contribution in [0.15, 0.2) is 24.3 Å². The Morgan fingerprint density at radius 2 is 0.929 bits per heavy atom. The number of benzene rings is 3. The lowest BCUT2D eigenvalue weighted by Crippen LogP contribution is -2.01. The molecule has 4 aromatic rings. The third kappa shape index (κ3) is 2.32. The molecule has 3 aromatic carbocycles. The van der Waals surface area contributed by atoms with Crippen LogP contribution in [0.25, 0.3) is 27.5 Å². The van der Waals surface area contributed by atoms with Crippen LogP contribution in [0, 0.1) is 62.3 Å². The molecule has 1 aromatic heterocycles. The van der Waals surface area contributed by atoms with Crippen LogP contribution < -0.4 is 0 Å². The van der Waals surface area contributed by atoms with Crippen LogP contribution in [0.2, 0.25) is 0 Å². The predicted octanol–water partition coefficient (Wildman–Crippen LogP) is 7.56. The summed E-state index contributed by atoms with van der Waals surface area (Å²) in [6.07, 6.45) is 0. The van der Waals surface area contributed by atoms with E-state index in [0.29, 0.717) is 0 Å². The largest absolute Gasteiger partial charge is 0.309 e. The first kappa shape index (κ1) is 18.8. The quantitative estimate of drug-likeness (QED) is 0.326. The van der Waals surface area contributed by atoms with E-state index in [9.17, 15) is 0 Å². The van der Waals surface area contributed by atoms with Gasteiger partial charge in [-0.3, -0.25) is 0 Å². The van der Waals surface area contributed by atoms with E-state index in [4.69, 9.17) is 0 Å². The highest BCUT2D eigenvalue weighted by atomic mass is 15.0. The molecule has 0 aliphatic carbocycles. The van der Waals surface area contributed by atoms with E-state index in [1.807, 2.05) is 0 Å². The molecule has 0 aliphatic heterocycles. The third-order valence-electron chi connectivity index (χ3n) is 7.27. The van der Waals surface area contributed by atoms with Gasteiger partial charge in [0.25, 0.3) is 0 Å². The van der Waals surface area contributed by atoms with Crippen LogP contribution in [-0.2, 0) is 0 Å². The maximum atomic E-state index is 2.53. The van der Waals surface area contributed by atoms with Crippen molar-refractivity contribution in [3.05, 3.63) is 74.3 Å². The van der Waals surface area contributed by atoms with E-state index in [2.05, 4.69) is 91.1 Å². The maximum Gasteiger partial charge on any atom is 0.0575 e. The Balaban J connectivity index is 2.44. The molecule has 28 heavy (non-hydrogen) atoms. The Morgan fingerprint density at radius 3 is 1.36 bits per heavy atom. The molecule has 0 spiro atoms. The highest BCUT2D eigenvalue weighted by Gasteiger charge is 2.23. The Bertz CT molecular complexity index is 1200. The summed E-state index contributed by atoms with van der Waals surface area (Å²) in [5.74, 6) is 0. The highest BCUT2D eigenvalue weighted by molar-refractivity contribution is 6.15. The van der Waals surface area contributed by atoms with Crippen LogP contribution in [0.3, 0.4) is 0 Å². The van der Waals surface area contributed by atoms with Crippen molar-refractivity contribution < 1.29 is 0 Å². The van der Waals surface area contributed by atoms with Gasteiger partial charge in [0.1, 0.15) is 0 Å². The van der Waals surface area contributed by atoms with Gasteiger partial charge in [-0.1, -0.05) is 12.1 Å². The van der Waals surface area contributed by atoms with Crippen molar-refractivity contribution in [2.75, 3.05) is 0 Å². The topological polar surface area (TPSA) is 4.93 Å². The summed E-state index contributed by atoms with van der Waals surface area (Å²) in [7, 11) is 0. The summed E-state index contributed by atoms with van der Waals surface area (Å²) >= 11 is 0. The average Bonchev–Trinajstić information content (AvgIpc) is 3.03. The first-order valence-electron chi connectivity index (χ1n) is 10.2. The SMILES string of the molecule is Cc1cccc(-n2c3c(C)c(C)c(C)c(C)c3c3c(C)c(C)c(C)c(C)c32)c1. The zero-order chi connectivity index (χ0) is 20.5. The van der Waals surface area contributed by atoms with E-state index in [-0.39, 0.29) is 0 Å². The smallest absolute Gasteiger partial charge is 0.0575 e. The van der Waals surface area contributed by atoms with Crippen molar-refractivity contribution in [2.24, 2.45) is 0 Å². The minimum atomic E-state index is 1.26. The number of nitrogens with zero attached hydrogens (tertiary/aromatic N) is 1. The zero-order valence-corrected chi connectivity index (χ0v) is 18.8. The molecule has 0 unspecified atom stereocenters.